The monoisotopic (exact) mass is 176 g/mol. The Morgan fingerprint density at radius 2 is 2.38 bits per heavy atom. The lowest BCUT2D eigenvalue weighted by atomic mass is 10.4. The van der Waals surface area contributed by atoms with Crippen molar-refractivity contribution in [3.8, 4) is 11.5 Å². The van der Waals surface area contributed by atoms with Gasteiger partial charge in [-0.15, -0.1) is 5.10 Å². The molecule has 0 N–H and O–H groups in total. The predicted octanol–water partition coefficient (Wildman–Crippen LogP) is 0.339. The molecule has 0 radical (unpaired) electrons. The molecule has 0 bridgehead atoms. The molecule has 0 atom stereocenters. The summed E-state index contributed by atoms with van der Waals surface area (Å²) >= 11 is 0. The Morgan fingerprint density at radius 1 is 1.46 bits per heavy atom. The second-order valence-electron chi connectivity index (χ2n) is 2.18. The first-order valence-corrected chi connectivity index (χ1v) is 3.47. The van der Waals surface area contributed by atoms with Crippen LogP contribution in [-0.4, -0.2) is 26.6 Å². The van der Waals surface area contributed by atoms with E-state index in [4.69, 9.17) is 0 Å². The van der Waals surface area contributed by atoms with Gasteiger partial charge in [-0.3, -0.25) is 4.79 Å². The Morgan fingerprint density at radius 3 is 3.00 bits per heavy atom. The molecule has 2 heterocycles. The van der Waals surface area contributed by atoms with E-state index in [9.17, 15) is 4.79 Å². The van der Waals surface area contributed by atoms with E-state index in [0.29, 0.717) is 12.0 Å². The van der Waals surface area contributed by atoms with Crippen LogP contribution in [0, 0.1) is 0 Å². The van der Waals surface area contributed by atoms with Gasteiger partial charge in [0.05, 0.1) is 0 Å². The molecule has 0 aliphatic carbocycles. The van der Waals surface area contributed by atoms with Crippen molar-refractivity contribution in [1.29, 1.82) is 0 Å². The zero-order valence-corrected chi connectivity index (χ0v) is 6.41. The number of aldehydes is 1. The van der Waals surface area contributed by atoms with Gasteiger partial charge in [0.25, 0.3) is 5.89 Å². The SMILES string of the molecule is O=Cc1nc(-c2cccnn2)no1. The predicted molar refractivity (Wildman–Crippen MR) is 40.7 cm³/mol. The molecular formula is C7H4N4O2. The van der Waals surface area contributed by atoms with Gasteiger partial charge < -0.3 is 4.52 Å². The van der Waals surface area contributed by atoms with E-state index in [2.05, 4.69) is 24.9 Å². The number of carbonyl (C=O) groups excluding carboxylic acids is 1. The lowest BCUT2D eigenvalue weighted by molar-refractivity contribution is 0.108. The Bertz CT molecular complexity index is 411. The third-order valence-electron chi connectivity index (χ3n) is 1.34. The molecule has 0 unspecified atom stereocenters. The topological polar surface area (TPSA) is 81.8 Å². The van der Waals surface area contributed by atoms with Gasteiger partial charge in [-0.1, -0.05) is 5.16 Å². The zero-order chi connectivity index (χ0) is 9.10. The van der Waals surface area contributed by atoms with Crippen molar-refractivity contribution in [1.82, 2.24) is 20.3 Å². The van der Waals surface area contributed by atoms with Crippen LogP contribution in [0.1, 0.15) is 10.7 Å². The Labute approximate surface area is 72.6 Å². The van der Waals surface area contributed by atoms with Crippen molar-refractivity contribution in [3.05, 3.63) is 24.2 Å². The third-order valence-corrected chi connectivity index (χ3v) is 1.34. The van der Waals surface area contributed by atoms with E-state index in [1.807, 2.05) is 0 Å². The van der Waals surface area contributed by atoms with Crippen LogP contribution in [0.3, 0.4) is 0 Å². The summed E-state index contributed by atoms with van der Waals surface area (Å²) in [6, 6.07) is 3.37. The molecule has 0 saturated carbocycles. The number of hydrogen-bond acceptors (Lipinski definition) is 6. The number of rotatable bonds is 2. The van der Waals surface area contributed by atoms with Crippen LogP contribution in [0.4, 0.5) is 0 Å². The molecule has 0 aromatic carbocycles. The van der Waals surface area contributed by atoms with E-state index in [0.717, 1.165) is 0 Å². The molecule has 6 heteroatoms. The van der Waals surface area contributed by atoms with E-state index in [1.165, 1.54) is 6.20 Å². The second kappa shape index (κ2) is 3.10. The van der Waals surface area contributed by atoms with Crippen LogP contribution < -0.4 is 0 Å². The normalized spacial score (nSPS) is 9.85. The second-order valence-corrected chi connectivity index (χ2v) is 2.18. The maximum Gasteiger partial charge on any atom is 0.291 e. The van der Waals surface area contributed by atoms with Crippen LogP contribution in [0.5, 0.6) is 0 Å². The number of nitrogens with zero attached hydrogens (tertiary/aromatic N) is 4. The Kier molecular flexibility index (Phi) is 1.79. The summed E-state index contributed by atoms with van der Waals surface area (Å²) in [5, 5.41) is 10.9. The molecule has 0 aliphatic heterocycles. The molecule has 0 saturated heterocycles. The first kappa shape index (κ1) is 7.53. The first-order chi connectivity index (χ1) is 6.40. The highest BCUT2D eigenvalue weighted by Gasteiger charge is 2.07. The minimum absolute atomic E-state index is 0.0688. The summed E-state index contributed by atoms with van der Waals surface area (Å²) in [5.41, 5.74) is 0.472. The summed E-state index contributed by atoms with van der Waals surface area (Å²) in [4.78, 5) is 14.0. The van der Waals surface area contributed by atoms with Crippen molar-refractivity contribution in [3.63, 3.8) is 0 Å². The maximum absolute atomic E-state index is 10.2. The number of hydrogen-bond donors (Lipinski definition) is 0. The molecule has 0 spiro atoms. The average molecular weight is 176 g/mol. The average Bonchev–Trinajstić information content (AvgIpc) is 2.67. The number of aromatic nitrogens is 4. The van der Waals surface area contributed by atoms with Crippen molar-refractivity contribution < 1.29 is 9.32 Å². The highest BCUT2D eigenvalue weighted by atomic mass is 16.5. The fourth-order valence-corrected chi connectivity index (χ4v) is 0.808. The maximum atomic E-state index is 10.2. The first-order valence-electron chi connectivity index (χ1n) is 3.47. The molecule has 0 aliphatic rings. The lowest BCUT2D eigenvalue weighted by Crippen LogP contribution is -1.87. The van der Waals surface area contributed by atoms with Crippen LogP contribution in [0.2, 0.25) is 0 Å². The number of carbonyl (C=O) groups is 1. The standard InChI is InChI=1S/C7H4N4O2/c12-4-6-9-7(11-13-6)5-2-1-3-8-10-5/h1-4H. The van der Waals surface area contributed by atoms with E-state index >= 15 is 0 Å². The van der Waals surface area contributed by atoms with Crippen molar-refractivity contribution in [2.24, 2.45) is 0 Å². The minimum Gasteiger partial charge on any atom is -0.331 e. The summed E-state index contributed by atoms with van der Waals surface area (Å²) < 4.78 is 4.57. The van der Waals surface area contributed by atoms with Crippen molar-refractivity contribution >= 4 is 6.29 Å². The molecule has 2 rings (SSSR count). The quantitative estimate of drug-likeness (QED) is 0.613. The molecule has 0 fully saturated rings. The highest BCUT2D eigenvalue weighted by Crippen LogP contribution is 2.09. The van der Waals surface area contributed by atoms with Gasteiger partial charge in [-0.2, -0.15) is 10.1 Å². The van der Waals surface area contributed by atoms with Crippen molar-refractivity contribution in [2.45, 2.75) is 0 Å². The van der Waals surface area contributed by atoms with Gasteiger partial charge in [0.1, 0.15) is 5.69 Å². The third kappa shape index (κ3) is 1.41. The molecule has 64 valence electrons. The summed E-state index contributed by atoms with van der Waals surface area (Å²) in [6.07, 6.45) is 2.01. The highest BCUT2D eigenvalue weighted by molar-refractivity contribution is 5.68. The molecular weight excluding hydrogens is 172 g/mol. The molecule has 2 aromatic heterocycles. The molecule has 6 nitrogen and oxygen atoms in total. The minimum atomic E-state index is -0.0688. The van der Waals surface area contributed by atoms with Gasteiger partial charge >= 0.3 is 0 Å². The largest absolute Gasteiger partial charge is 0.331 e. The Balaban J connectivity index is 2.41. The van der Waals surface area contributed by atoms with Gasteiger partial charge in [0.2, 0.25) is 12.1 Å². The molecule has 2 aromatic rings. The fraction of sp³-hybridized carbons (Fsp3) is 0. The molecule has 13 heavy (non-hydrogen) atoms. The summed E-state index contributed by atoms with van der Waals surface area (Å²) in [5.74, 6) is 0.191. The van der Waals surface area contributed by atoms with E-state index in [1.54, 1.807) is 12.1 Å². The van der Waals surface area contributed by atoms with Crippen molar-refractivity contribution in [2.75, 3.05) is 0 Å². The van der Waals surface area contributed by atoms with Gasteiger partial charge in [-0.25, -0.2) is 0 Å². The van der Waals surface area contributed by atoms with Crippen LogP contribution >= 0.6 is 0 Å². The molecule has 0 amide bonds. The van der Waals surface area contributed by atoms with Gasteiger partial charge in [-0.05, 0) is 12.1 Å². The smallest absolute Gasteiger partial charge is 0.291 e. The fourth-order valence-electron chi connectivity index (χ4n) is 0.808. The van der Waals surface area contributed by atoms with Gasteiger partial charge in [0, 0.05) is 6.20 Å². The summed E-state index contributed by atoms with van der Waals surface area (Å²) in [6.45, 7) is 0. The van der Waals surface area contributed by atoms with Crippen LogP contribution in [-0.2, 0) is 0 Å². The van der Waals surface area contributed by atoms with E-state index < -0.39 is 0 Å². The lowest BCUT2D eigenvalue weighted by Gasteiger charge is -1.87. The van der Waals surface area contributed by atoms with Crippen LogP contribution in [0.15, 0.2) is 22.9 Å². The zero-order valence-electron chi connectivity index (χ0n) is 6.41. The van der Waals surface area contributed by atoms with Gasteiger partial charge in [0.15, 0.2) is 0 Å². The van der Waals surface area contributed by atoms with E-state index in [-0.39, 0.29) is 11.7 Å². The van der Waals surface area contributed by atoms with Crippen LogP contribution in [0.25, 0.3) is 11.5 Å². The Hall–Kier alpha value is -2.11. The summed E-state index contributed by atoms with van der Waals surface area (Å²) in [7, 11) is 0.